The fourth-order valence-electron chi connectivity index (χ4n) is 1.80. The molecule has 1 aliphatic rings. The maximum Gasteiger partial charge on any atom is 0.405 e. The molecule has 0 saturated carbocycles. The van der Waals surface area contributed by atoms with Crippen molar-refractivity contribution in [1.82, 2.24) is 4.90 Å². The Morgan fingerprint density at radius 2 is 2.20 bits per heavy atom. The molecule has 0 aromatic carbocycles. The van der Waals surface area contributed by atoms with Crippen LogP contribution >= 0.6 is 0 Å². The molecule has 1 aliphatic heterocycles. The Hall–Kier alpha value is -0.330. The van der Waals surface area contributed by atoms with Crippen LogP contribution in [-0.4, -0.2) is 49.5 Å². The van der Waals surface area contributed by atoms with E-state index >= 15 is 0 Å². The van der Waals surface area contributed by atoms with E-state index in [-0.39, 0.29) is 6.10 Å². The van der Waals surface area contributed by atoms with E-state index in [1.165, 1.54) is 4.90 Å². The average molecular weight is 226 g/mol. The lowest BCUT2D eigenvalue weighted by atomic mass is 10.2. The first-order valence-electron chi connectivity index (χ1n) is 5.07. The van der Waals surface area contributed by atoms with Gasteiger partial charge in [-0.15, -0.1) is 0 Å². The van der Waals surface area contributed by atoms with Crippen LogP contribution in [0.4, 0.5) is 13.2 Å². The fraction of sp³-hybridized carbons (Fsp3) is 1.00. The number of nitrogens with zero attached hydrogens (tertiary/aromatic N) is 1. The van der Waals surface area contributed by atoms with Gasteiger partial charge in [0.15, 0.2) is 0 Å². The second-order valence-corrected chi connectivity index (χ2v) is 3.82. The van der Waals surface area contributed by atoms with Gasteiger partial charge in [-0.05, 0) is 13.3 Å². The molecule has 0 aromatic rings. The zero-order chi connectivity index (χ0) is 11.5. The predicted molar refractivity (Wildman–Crippen MR) is 50.5 cm³/mol. The Bertz CT molecular complexity index is 198. The second-order valence-electron chi connectivity index (χ2n) is 3.82. The fourth-order valence-corrected chi connectivity index (χ4v) is 1.80. The van der Waals surface area contributed by atoms with Crippen LogP contribution in [0.3, 0.4) is 0 Å². The molecule has 3 nitrogen and oxygen atoms in total. The van der Waals surface area contributed by atoms with E-state index in [1.54, 1.807) is 6.92 Å². The monoisotopic (exact) mass is 226 g/mol. The van der Waals surface area contributed by atoms with E-state index in [2.05, 4.69) is 0 Å². The van der Waals surface area contributed by atoms with Gasteiger partial charge in [0.1, 0.15) is 6.04 Å². The Morgan fingerprint density at radius 3 is 2.73 bits per heavy atom. The maximum atomic E-state index is 12.6. The first-order chi connectivity index (χ1) is 6.95. The number of hydrogen-bond acceptors (Lipinski definition) is 3. The molecule has 2 atom stereocenters. The Labute approximate surface area is 87.4 Å². The zero-order valence-electron chi connectivity index (χ0n) is 8.76. The summed E-state index contributed by atoms with van der Waals surface area (Å²) >= 11 is 0. The third-order valence-corrected chi connectivity index (χ3v) is 2.53. The van der Waals surface area contributed by atoms with E-state index in [9.17, 15) is 13.2 Å². The Balaban J connectivity index is 2.65. The van der Waals surface area contributed by atoms with Crippen molar-refractivity contribution in [2.24, 2.45) is 5.73 Å². The van der Waals surface area contributed by atoms with E-state index in [0.717, 1.165) is 0 Å². The third kappa shape index (κ3) is 3.62. The molecule has 90 valence electrons. The normalized spacial score (nSPS) is 27.4. The third-order valence-electron chi connectivity index (χ3n) is 2.53. The molecule has 1 heterocycles. The van der Waals surface area contributed by atoms with Crippen LogP contribution in [0.15, 0.2) is 0 Å². The Kier molecular flexibility index (Phi) is 4.36. The standard InChI is InChI=1S/C9H17F3N2O/c1-7-6-14(3-2-4-15-7)8(5-13)9(10,11)12/h7-8H,2-6,13H2,1H3. The number of rotatable bonds is 2. The van der Waals surface area contributed by atoms with Crippen molar-refractivity contribution in [2.45, 2.75) is 31.7 Å². The Morgan fingerprint density at radius 1 is 1.53 bits per heavy atom. The van der Waals surface area contributed by atoms with E-state index < -0.39 is 18.8 Å². The van der Waals surface area contributed by atoms with Crippen LogP contribution in [0.1, 0.15) is 13.3 Å². The van der Waals surface area contributed by atoms with Crippen molar-refractivity contribution in [3.05, 3.63) is 0 Å². The van der Waals surface area contributed by atoms with Crippen molar-refractivity contribution in [3.8, 4) is 0 Å². The molecule has 0 bridgehead atoms. The summed E-state index contributed by atoms with van der Waals surface area (Å²) in [7, 11) is 0. The molecule has 0 aromatic heterocycles. The highest BCUT2D eigenvalue weighted by Crippen LogP contribution is 2.25. The molecule has 0 spiro atoms. The second kappa shape index (κ2) is 5.14. The summed E-state index contributed by atoms with van der Waals surface area (Å²) in [6.45, 7) is 2.60. The highest BCUT2D eigenvalue weighted by molar-refractivity contribution is 4.82. The lowest BCUT2D eigenvalue weighted by Gasteiger charge is -2.31. The minimum atomic E-state index is -4.25. The van der Waals surface area contributed by atoms with Gasteiger partial charge in [0, 0.05) is 26.2 Å². The number of alkyl halides is 3. The van der Waals surface area contributed by atoms with E-state index in [0.29, 0.717) is 26.1 Å². The van der Waals surface area contributed by atoms with Gasteiger partial charge in [0.25, 0.3) is 0 Å². The molecule has 1 fully saturated rings. The zero-order valence-corrected chi connectivity index (χ0v) is 8.76. The largest absolute Gasteiger partial charge is 0.405 e. The SMILES string of the molecule is CC1CN(C(CN)C(F)(F)F)CCCO1. The summed E-state index contributed by atoms with van der Waals surface area (Å²) in [6, 6.07) is -1.54. The number of ether oxygens (including phenoxy) is 1. The summed E-state index contributed by atoms with van der Waals surface area (Å²) in [5, 5.41) is 0. The van der Waals surface area contributed by atoms with Gasteiger partial charge in [-0.2, -0.15) is 13.2 Å². The number of hydrogen-bond donors (Lipinski definition) is 1. The van der Waals surface area contributed by atoms with Crippen molar-refractivity contribution in [2.75, 3.05) is 26.2 Å². The quantitative estimate of drug-likeness (QED) is 0.763. The summed E-state index contributed by atoms with van der Waals surface area (Å²) in [5.74, 6) is 0. The average Bonchev–Trinajstić information content (AvgIpc) is 2.29. The van der Waals surface area contributed by atoms with Gasteiger partial charge >= 0.3 is 6.18 Å². The highest BCUT2D eigenvalue weighted by Gasteiger charge is 2.43. The molecule has 0 radical (unpaired) electrons. The van der Waals surface area contributed by atoms with Gasteiger partial charge in [0.2, 0.25) is 0 Å². The molecule has 1 rings (SSSR count). The summed E-state index contributed by atoms with van der Waals surface area (Å²) in [6.07, 6.45) is -3.79. The van der Waals surface area contributed by atoms with Crippen LogP contribution in [0, 0.1) is 0 Å². The molecule has 2 N–H and O–H groups in total. The molecular formula is C9H17F3N2O. The smallest absolute Gasteiger partial charge is 0.377 e. The topological polar surface area (TPSA) is 38.5 Å². The number of halogens is 3. The summed E-state index contributed by atoms with van der Waals surface area (Å²) in [4.78, 5) is 1.37. The van der Waals surface area contributed by atoms with Gasteiger partial charge in [-0.1, -0.05) is 0 Å². The van der Waals surface area contributed by atoms with Crippen molar-refractivity contribution in [1.29, 1.82) is 0 Å². The number of nitrogens with two attached hydrogens (primary N) is 1. The van der Waals surface area contributed by atoms with Crippen molar-refractivity contribution >= 4 is 0 Å². The summed E-state index contributed by atoms with van der Waals surface area (Å²) in [5.41, 5.74) is 5.18. The first-order valence-corrected chi connectivity index (χ1v) is 5.07. The van der Waals surface area contributed by atoms with Gasteiger partial charge < -0.3 is 10.5 Å². The summed E-state index contributed by atoms with van der Waals surface area (Å²) < 4.78 is 43.1. The van der Waals surface area contributed by atoms with Crippen LogP contribution in [0.25, 0.3) is 0 Å². The first kappa shape index (κ1) is 12.7. The molecular weight excluding hydrogens is 209 g/mol. The molecule has 0 amide bonds. The molecule has 0 aliphatic carbocycles. The minimum Gasteiger partial charge on any atom is -0.377 e. The van der Waals surface area contributed by atoms with Crippen molar-refractivity contribution < 1.29 is 17.9 Å². The molecule has 6 heteroatoms. The van der Waals surface area contributed by atoms with Crippen LogP contribution < -0.4 is 5.73 Å². The van der Waals surface area contributed by atoms with Crippen LogP contribution in [0.5, 0.6) is 0 Å². The van der Waals surface area contributed by atoms with Crippen molar-refractivity contribution in [3.63, 3.8) is 0 Å². The molecule has 15 heavy (non-hydrogen) atoms. The lowest BCUT2D eigenvalue weighted by Crippen LogP contribution is -2.52. The predicted octanol–water partition coefficient (Wildman–Crippen LogP) is 0.987. The van der Waals surface area contributed by atoms with Crippen LogP contribution in [0.2, 0.25) is 0 Å². The highest BCUT2D eigenvalue weighted by atomic mass is 19.4. The molecule has 1 saturated heterocycles. The lowest BCUT2D eigenvalue weighted by molar-refractivity contribution is -0.182. The van der Waals surface area contributed by atoms with Crippen LogP contribution in [-0.2, 0) is 4.74 Å². The van der Waals surface area contributed by atoms with Gasteiger partial charge in [-0.3, -0.25) is 4.90 Å². The maximum absolute atomic E-state index is 12.6. The van der Waals surface area contributed by atoms with Gasteiger partial charge in [-0.25, -0.2) is 0 Å². The van der Waals surface area contributed by atoms with E-state index in [1.807, 2.05) is 0 Å². The minimum absolute atomic E-state index is 0.163. The van der Waals surface area contributed by atoms with Gasteiger partial charge in [0.05, 0.1) is 6.10 Å². The van der Waals surface area contributed by atoms with E-state index in [4.69, 9.17) is 10.5 Å². The molecule has 2 unspecified atom stereocenters.